The topological polar surface area (TPSA) is 0 Å². The molecule has 1 heteroatoms. The van der Waals surface area contributed by atoms with Crippen LogP contribution in [0.1, 0.15) is 32.1 Å². The van der Waals surface area contributed by atoms with Crippen LogP contribution in [0.15, 0.2) is 0 Å². The summed E-state index contributed by atoms with van der Waals surface area (Å²) in [5, 5.41) is 0. The van der Waals surface area contributed by atoms with E-state index in [9.17, 15) is 0 Å². The van der Waals surface area contributed by atoms with E-state index in [-0.39, 0.29) is 0 Å². The molecular formula is C8H15S. The number of rotatable bonds is 2. The van der Waals surface area contributed by atoms with Crippen molar-refractivity contribution in [1.29, 1.82) is 0 Å². The van der Waals surface area contributed by atoms with Crippen LogP contribution in [0.2, 0.25) is 0 Å². The smallest absolute Gasteiger partial charge is 0.000796 e. The minimum Gasteiger partial charge on any atom is -0.165 e. The van der Waals surface area contributed by atoms with Gasteiger partial charge >= 0.3 is 0 Å². The fourth-order valence-electron chi connectivity index (χ4n) is 1.40. The van der Waals surface area contributed by atoms with E-state index in [0.29, 0.717) is 0 Å². The lowest BCUT2D eigenvalue weighted by atomic mass is 9.91. The lowest BCUT2D eigenvalue weighted by Crippen LogP contribution is -2.05. The molecule has 1 aliphatic carbocycles. The van der Waals surface area contributed by atoms with Gasteiger partial charge in [0.15, 0.2) is 0 Å². The number of thioether (sulfide) groups is 1. The van der Waals surface area contributed by atoms with Crippen molar-refractivity contribution < 1.29 is 0 Å². The first kappa shape index (κ1) is 7.46. The van der Waals surface area contributed by atoms with Crippen LogP contribution in [0.4, 0.5) is 0 Å². The summed E-state index contributed by atoms with van der Waals surface area (Å²) in [4.78, 5) is 0. The first-order valence-corrected chi connectivity index (χ1v) is 5.15. The molecule has 0 nitrogen and oxygen atoms in total. The van der Waals surface area contributed by atoms with Gasteiger partial charge in [-0.15, -0.1) is 0 Å². The van der Waals surface area contributed by atoms with E-state index in [1.807, 2.05) is 11.8 Å². The molecule has 1 rings (SSSR count). The molecule has 1 fully saturated rings. The molecule has 0 N–H and O–H groups in total. The van der Waals surface area contributed by atoms with E-state index < -0.39 is 0 Å². The normalized spacial score (nSPS) is 22.3. The minimum absolute atomic E-state index is 1.32. The lowest BCUT2D eigenvalue weighted by molar-refractivity contribution is 0.542. The van der Waals surface area contributed by atoms with Crippen LogP contribution < -0.4 is 0 Å². The fraction of sp³-hybridized carbons (Fsp3) is 0.875. The maximum Gasteiger partial charge on any atom is -0.000796 e. The Labute approximate surface area is 62.4 Å². The van der Waals surface area contributed by atoms with Gasteiger partial charge in [0.2, 0.25) is 0 Å². The average Bonchev–Trinajstić information content (AvgIpc) is 1.91. The molecule has 0 heterocycles. The summed E-state index contributed by atoms with van der Waals surface area (Å²) < 4.78 is 0. The Kier molecular flexibility index (Phi) is 3.49. The van der Waals surface area contributed by atoms with Gasteiger partial charge in [0, 0.05) is 0 Å². The van der Waals surface area contributed by atoms with Gasteiger partial charge in [0.1, 0.15) is 0 Å². The summed E-state index contributed by atoms with van der Waals surface area (Å²) in [5.41, 5.74) is 0. The van der Waals surface area contributed by atoms with Gasteiger partial charge in [-0.2, -0.15) is 11.8 Å². The molecule has 0 saturated heterocycles. The quantitative estimate of drug-likeness (QED) is 0.573. The van der Waals surface area contributed by atoms with Gasteiger partial charge < -0.3 is 0 Å². The molecule has 1 saturated carbocycles. The van der Waals surface area contributed by atoms with E-state index in [1.54, 1.807) is 5.92 Å². The Balaban J connectivity index is 2.08. The van der Waals surface area contributed by atoms with Gasteiger partial charge in [-0.3, -0.25) is 0 Å². The average molecular weight is 143 g/mol. The fourth-order valence-corrected chi connectivity index (χ4v) is 2.10. The molecule has 0 bridgehead atoms. The Morgan fingerprint density at radius 2 is 1.89 bits per heavy atom. The monoisotopic (exact) mass is 143 g/mol. The highest BCUT2D eigenvalue weighted by molar-refractivity contribution is 7.98. The third kappa shape index (κ3) is 2.61. The molecule has 0 amide bonds. The van der Waals surface area contributed by atoms with Crippen LogP contribution in [-0.4, -0.2) is 12.0 Å². The molecule has 9 heavy (non-hydrogen) atoms. The maximum absolute atomic E-state index is 2.20. The second kappa shape index (κ2) is 4.21. The molecule has 0 aliphatic heterocycles. The standard InChI is InChI=1S/C8H15S/c1-9-7-8-5-3-2-4-6-8/h2-7H2,1H3. The van der Waals surface area contributed by atoms with Gasteiger partial charge in [-0.25, -0.2) is 0 Å². The van der Waals surface area contributed by atoms with Crippen LogP contribution in [-0.2, 0) is 0 Å². The summed E-state index contributed by atoms with van der Waals surface area (Å²) in [6.07, 6.45) is 9.41. The highest BCUT2D eigenvalue weighted by Gasteiger charge is 2.12. The van der Waals surface area contributed by atoms with Crippen LogP contribution >= 0.6 is 11.8 Å². The molecule has 0 aromatic heterocycles. The second-order valence-electron chi connectivity index (χ2n) is 2.74. The molecule has 53 valence electrons. The van der Waals surface area contributed by atoms with Crippen LogP contribution in [0.25, 0.3) is 0 Å². The van der Waals surface area contributed by atoms with Gasteiger partial charge in [0.05, 0.1) is 0 Å². The number of hydrogen-bond acceptors (Lipinski definition) is 1. The third-order valence-corrected chi connectivity index (χ3v) is 2.61. The molecule has 0 aromatic carbocycles. The van der Waals surface area contributed by atoms with E-state index in [4.69, 9.17) is 0 Å². The van der Waals surface area contributed by atoms with Crippen LogP contribution in [0.5, 0.6) is 0 Å². The number of hydrogen-bond donors (Lipinski definition) is 0. The Bertz CT molecular complexity index is 62.2. The largest absolute Gasteiger partial charge is 0.165 e. The molecule has 0 spiro atoms. The van der Waals surface area contributed by atoms with Crippen molar-refractivity contribution in [3.63, 3.8) is 0 Å². The second-order valence-corrected chi connectivity index (χ2v) is 3.61. The molecule has 0 atom stereocenters. The molecule has 0 unspecified atom stereocenters. The summed E-state index contributed by atoms with van der Waals surface area (Å²) in [5.74, 6) is 3.12. The summed E-state index contributed by atoms with van der Waals surface area (Å²) in [6.45, 7) is 0. The highest BCUT2D eigenvalue weighted by Crippen LogP contribution is 2.27. The van der Waals surface area contributed by atoms with Gasteiger partial charge in [-0.1, -0.05) is 19.3 Å². The van der Waals surface area contributed by atoms with Crippen molar-refractivity contribution in [2.24, 2.45) is 0 Å². The molecule has 1 aliphatic rings. The van der Waals surface area contributed by atoms with Crippen molar-refractivity contribution in [1.82, 2.24) is 0 Å². The van der Waals surface area contributed by atoms with Crippen molar-refractivity contribution in [2.75, 3.05) is 12.0 Å². The summed E-state index contributed by atoms with van der Waals surface area (Å²) in [6, 6.07) is 0. The summed E-state index contributed by atoms with van der Waals surface area (Å²) >= 11 is 1.97. The molecule has 0 aromatic rings. The van der Waals surface area contributed by atoms with Crippen LogP contribution in [0.3, 0.4) is 0 Å². The molecule has 1 radical (unpaired) electrons. The van der Waals surface area contributed by atoms with Crippen molar-refractivity contribution in [3.8, 4) is 0 Å². The minimum atomic E-state index is 1.32. The van der Waals surface area contributed by atoms with E-state index in [0.717, 1.165) is 0 Å². The lowest BCUT2D eigenvalue weighted by Gasteiger charge is -2.19. The molecular weight excluding hydrogens is 128 g/mol. The van der Waals surface area contributed by atoms with E-state index >= 15 is 0 Å². The summed E-state index contributed by atoms with van der Waals surface area (Å²) in [7, 11) is 0. The van der Waals surface area contributed by atoms with Gasteiger partial charge in [-0.05, 0) is 30.8 Å². The SMILES string of the molecule is CSC[C]1CCCCC1. The zero-order valence-electron chi connectivity index (χ0n) is 6.15. The Morgan fingerprint density at radius 3 is 2.44 bits per heavy atom. The predicted molar refractivity (Wildman–Crippen MR) is 44.7 cm³/mol. The first-order valence-electron chi connectivity index (χ1n) is 3.76. The van der Waals surface area contributed by atoms with Crippen molar-refractivity contribution in [3.05, 3.63) is 5.92 Å². The van der Waals surface area contributed by atoms with E-state index in [2.05, 4.69) is 6.26 Å². The zero-order chi connectivity index (χ0) is 6.53. The van der Waals surface area contributed by atoms with Crippen molar-refractivity contribution in [2.45, 2.75) is 32.1 Å². The Hall–Kier alpha value is 0.350. The zero-order valence-corrected chi connectivity index (χ0v) is 6.97. The van der Waals surface area contributed by atoms with E-state index in [1.165, 1.54) is 37.9 Å². The maximum atomic E-state index is 2.20. The predicted octanol–water partition coefficient (Wildman–Crippen LogP) is 2.89. The third-order valence-electron chi connectivity index (χ3n) is 1.91. The Morgan fingerprint density at radius 1 is 1.22 bits per heavy atom. The van der Waals surface area contributed by atoms with Gasteiger partial charge in [0.25, 0.3) is 0 Å². The van der Waals surface area contributed by atoms with Crippen molar-refractivity contribution >= 4 is 11.8 Å². The highest BCUT2D eigenvalue weighted by atomic mass is 32.2. The first-order chi connectivity index (χ1) is 4.43. The van der Waals surface area contributed by atoms with Crippen LogP contribution in [0, 0.1) is 5.92 Å².